The molecule has 11 heteroatoms. The van der Waals surface area contributed by atoms with E-state index in [2.05, 4.69) is 19.2 Å². The number of nitrogen functional groups attached to an aromatic ring is 1. The lowest BCUT2D eigenvalue weighted by Gasteiger charge is -2.49. The third-order valence-electron chi connectivity index (χ3n) is 11.1. The van der Waals surface area contributed by atoms with E-state index in [1.165, 1.54) is 37.3 Å². The number of phenolic OH excluding ortho intramolecular Hbond substituents is 1. The number of Topliss-reactive ketones (excluding diaryl/α,β-unsaturated/α-hetero) is 1. The number of anilines is 2. The molecule has 11 nitrogen and oxygen atoms in total. The molecule has 4 aliphatic carbocycles. The minimum Gasteiger partial charge on any atom is -0.506 e. The highest BCUT2D eigenvalue weighted by Crippen LogP contribution is 2.71. The molecule has 1 spiro atoms. The summed E-state index contributed by atoms with van der Waals surface area (Å²) in [5.74, 6) is -3.83. The Bertz CT molecular complexity index is 1760. The van der Waals surface area contributed by atoms with Gasteiger partial charge in [-0.2, -0.15) is 0 Å². The quantitative estimate of drug-likeness (QED) is 0.134. The van der Waals surface area contributed by atoms with Crippen LogP contribution in [0.1, 0.15) is 61.8 Å². The van der Waals surface area contributed by atoms with Crippen LogP contribution in [0.5, 0.6) is 5.75 Å². The van der Waals surface area contributed by atoms with E-state index >= 15 is 0 Å². The zero-order valence-electron chi connectivity index (χ0n) is 26.9. The van der Waals surface area contributed by atoms with Crippen molar-refractivity contribution in [1.29, 1.82) is 0 Å². The van der Waals surface area contributed by atoms with Gasteiger partial charge in [0, 0.05) is 18.4 Å². The lowest BCUT2D eigenvalue weighted by atomic mass is 9.59. The number of para-hydroxylation sites is 2. The SMILES string of the molecule is CC(=O)OCC1=C[C@H]2C(=O)[C@]3(C=C(C)[C@H](O)[C@]3(O)[C@@H]1OC(=O)c1ccccc1NC(=O)c1cccc(O)c1N)[C@H](C)C[C@@H]1[C@H]2C1(C)C. The first kappa shape index (κ1) is 32.5. The summed E-state index contributed by atoms with van der Waals surface area (Å²) < 4.78 is 11.5. The molecule has 6 rings (SSSR count). The smallest absolute Gasteiger partial charge is 0.340 e. The maximum Gasteiger partial charge on any atom is 0.340 e. The number of rotatable bonds is 6. The number of aromatic hydroxyl groups is 1. The Hall–Kier alpha value is -4.48. The van der Waals surface area contributed by atoms with E-state index in [0.29, 0.717) is 12.0 Å². The second-order valence-electron chi connectivity index (χ2n) is 14.0. The van der Waals surface area contributed by atoms with Crippen molar-refractivity contribution in [2.45, 2.75) is 58.8 Å². The lowest BCUT2D eigenvalue weighted by molar-refractivity contribution is -0.191. The van der Waals surface area contributed by atoms with Gasteiger partial charge in [0.15, 0.2) is 17.5 Å². The second-order valence-corrected chi connectivity index (χ2v) is 14.0. The molecule has 0 aliphatic heterocycles. The zero-order chi connectivity index (χ0) is 34.2. The monoisotopic (exact) mass is 644 g/mol. The fourth-order valence-corrected chi connectivity index (χ4v) is 8.63. The number of phenols is 1. The average Bonchev–Trinajstić information content (AvgIpc) is 3.52. The number of amides is 1. The molecule has 2 aromatic carbocycles. The summed E-state index contributed by atoms with van der Waals surface area (Å²) in [6.07, 6.45) is 0.724. The predicted molar refractivity (Wildman–Crippen MR) is 171 cm³/mol. The van der Waals surface area contributed by atoms with Crippen LogP contribution in [0.4, 0.5) is 11.4 Å². The molecule has 47 heavy (non-hydrogen) atoms. The molecule has 0 aromatic heterocycles. The molecule has 248 valence electrons. The molecule has 2 fully saturated rings. The molecule has 0 radical (unpaired) electrons. The number of ketones is 1. The van der Waals surface area contributed by atoms with E-state index in [4.69, 9.17) is 15.2 Å². The summed E-state index contributed by atoms with van der Waals surface area (Å²) in [5.41, 5.74) is 2.15. The number of aliphatic hydroxyl groups is 2. The number of benzene rings is 2. The number of carbonyl (C=O) groups excluding carboxylic acids is 4. The highest BCUT2D eigenvalue weighted by Gasteiger charge is 2.76. The van der Waals surface area contributed by atoms with Gasteiger partial charge in [-0.05, 0) is 66.4 Å². The molecule has 0 unspecified atom stereocenters. The van der Waals surface area contributed by atoms with E-state index in [-0.39, 0.29) is 63.5 Å². The van der Waals surface area contributed by atoms with Crippen molar-refractivity contribution in [2.75, 3.05) is 17.7 Å². The molecular formula is C36H40N2O9. The van der Waals surface area contributed by atoms with Gasteiger partial charge in [-0.3, -0.25) is 14.4 Å². The molecule has 0 heterocycles. The third-order valence-corrected chi connectivity index (χ3v) is 11.1. The summed E-state index contributed by atoms with van der Waals surface area (Å²) in [6.45, 7) is 8.56. The summed E-state index contributed by atoms with van der Waals surface area (Å²) >= 11 is 0. The Morgan fingerprint density at radius 3 is 2.47 bits per heavy atom. The number of carbonyl (C=O) groups is 4. The van der Waals surface area contributed by atoms with E-state index in [1.807, 2.05) is 6.92 Å². The fraction of sp³-hybridized carbons (Fsp3) is 0.444. The minimum atomic E-state index is -2.33. The maximum absolute atomic E-state index is 14.7. The normalized spacial score (nSPS) is 33.2. The van der Waals surface area contributed by atoms with Gasteiger partial charge in [0.1, 0.15) is 18.5 Å². The van der Waals surface area contributed by atoms with Crippen LogP contribution in [0.2, 0.25) is 0 Å². The molecule has 8 atom stereocenters. The van der Waals surface area contributed by atoms with Gasteiger partial charge in [0.05, 0.1) is 27.9 Å². The minimum absolute atomic E-state index is 0.0208. The molecule has 6 N–H and O–H groups in total. The van der Waals surface area contributed by atoms with Gasteiger partial charge in [-0.1, -0.05) is 51.1 Å². The first-order chi connectivity index (χ1) is 22.1. The Kier molecular flexibility index (Phi) is 7.64. The number of fused-ring (bicyclic) bond motifs is 3. The van der Waals surface area contributed by atoms with Crippen molar-refractivity contribution in [1.82, 2.24) is 0 Å². The molecule has 2 aromatic rings. The van der Waals surface area contributed by atoms with Crippen LogP contribution in [0.3, 0.4) is 0 Å². The van der Waals surface area contributed by atoms with Crippen LogP contribution in [0.25, 0.3) is 0 Å². The standard InChI is InChI=1S/C36H40N2O9/c1-17-15-35-18(2)13-24-27(34(24,4)5)23(30(35)42)14-20(16-46-19(3)39)31(36(35,45)29(17)41)47-33(44)21-9-6-7-11-25(21)38-32(43)22-10-8-12-26(40)28(22)37/h6-12,14-15,18,23-24,27,29,31,40-41,45H,13,16,37H2,1-5H3,(H,38,43)/t18-,23-,24-,27+,29+,31-,35+,36+/m1/s1. The molecule has 2 saturated carbocycles. The van der Waals surface area contributed by atoms with Gasteiger partial charge in [-0.15, -0.1) is 0 Å². The van der Waals surface area contributed by atoms with Gasteiger partial charge in [0.2, 0.25) is 0 Å². The summed E-state index contributed by atoms with van der Waals surface area (Å²) in [6, 6.07) is 10.2. The van der Waals surface area contributed by atoms with Crippen LogP contribution in [0.15, 0.2) is 65.8 Å². The Labute approximate surface area is 272 Å². The third kappa shape index (κ3) is 4.70. The van der Waals surface area contributed by atoms with Crippen molar-refractivity contribution in [3.8, 4) is 5.75 Å². The van der Waals surface area contributed by atoms with Crippen LogP contribution in [-0.2, 0) is 19.1 Å². The Morgan fingerprint density at radius 1 is 1.09 bits per heavy atom. The highest BCUT2D eigenvalue weighted by molar-refractivity contribution is 6.11. The number of hydrogen-bond donors (Lipinski definition) is 5. The lowest BCUT2D eigenvalue weighted by Crippen LogP contribution is -2.66. The van der Waals surface area contributed by atoms with Crippen molar-refractivity contribution in [3.63, 3.8) is 0 Å². The number of nitrogens with two attached hydrogens (primary N) is 1. The molecule has 4 aliphatic rings. The summed E-state index contributed by atoms with van der Waals surface area (Å²) in [5, 5.41) is 37.2. The Morgan fingerprint density at radius 2 is 1.77 bits per heavy atom. The largest absolute Gasteiger partial charge is 0.506 e. The number of hydrogen-bond acceptors (Lipinski definition) is 10. The maximum atomic E-state index is 14.7. The van der Waals surface area contributed by atoms with Gasteiger partial charge < -0.3 is 35.8 Å². The number of ether oxygens (including phenoxy) is 2. The first-order valence-electron chi connectivity index (χ1n) is 15.7. The van der Waals surface area contributed by atoms with E-state index in [1.54, 1.807) is 31.2 Å². The van der Waals surface area contributed by atoms with E-state index < -0.39 is 52.9 Å². The van der Waals surface area contributed by atoms with E-state index in [9.17, 15) is 34.5 Å². The number of esters is 2. The van der Waals surface area contributed by atoms with Crippen molar-refractivity contribution in [3.05, 3.63) is 76.9 Å². The van der Waals surface area contributed by atoms with E-state index in [0.717, 1.165) is 0 Å². The van der Waals surface area contributed by atoms with Gasteiger partial charge in [0.25, 0.3) is 5.91 Å². The number of allylic oxidation sites excluding steroid dienone is 1. The van der Waals surface area contributed by atoms with Crippen molar-refractivity contribution in [2.24, 2.45) is 34.5 Å². The molecule has 0 saturated heterocycles. The highest BCUT2D eigenvalue weighted by atomic mass is 16.6. The molecule has 2 bridgehead atoms. The van der Waals surface area contributed by atoms with Crippen molar-refractivity contribution >= 4 is 35.0 Å². The fourth-order valence-electron chi connectivity index (χ4n) is 8.63. The molecule has 1 amide bonds. The summed E-state index contributed by atoms with van der Waals surface area (Å²) in [4.78, 5) is 54.0. The number of aliphatic hydroxyl groups excluding tert-OH is 1. The second kappa shape index (κ2) is 11.1. The predicted octanol–water partition coefficient (Wildman–Crippen LogP) is 3.79. The zero-order valence-corrected chi connectivity index (χ0v) is 26.9. The van der Waals surface area contributed by atoms with Crippen LogP contribution in [-0.4, -0.2) is 63.4 Å². The van der Waals surface area contributed by atoms with Crippen LogP contribution >= 0.6 is 0 Å². The van der Waals surface area contributed by atoms with Crippen LogP contribution < -0.4 is 11.1 Å². The number of nitrogens with one attached hydrogen (secondary N) is 1. The first-order valence-corrected chi connectivity index (χ1v) is 15.7. The van der Waals surface area contributed by atoms with Gasteiger partial charge >= 0.3 is 11.9 Å². The molecular weight excluding hydrogens is 604 g/mol. The average molecular weight is 645 g/mol. The van der Waals surface area contributed by atoms with Crippen LogP contribution in [0, 0.1) is 34.5 Å². The van der Waals surface area contributed by atoms with Crippen molar-refractivity contribution < 1.29 is 44.0 Å². The summed E-state index contributed by atoms with van der Waals surface area (Å²) in [7, 11) is 0. The topological polar surface area (TPSA) is 185 Å². The Balaban J connectivity index is 1.44. The van der Waals surface area contributed by atoms with Gasteiger partial charge in [-0.25, -0.2) is 4.79 Å².